The highest BCUT2D eigenvalue weighted by Crippen LogP contribution is 2.65. The second-order valence-electron chi connectivity index (χ2n) is 14.3. The van der Waals surface area contributed by atoms with Gasteiger partial charge >= 0.3 is 0 Å². The van der Waals surface area contributed by atoms with Crippen molar-refractivity contribution < 1.29 is 39.6 Å². The van der Waals surface area contributed by atoms with Crippen molar-refractivity contribution in [3.63, 3.8) is 0 Å². The smallest absolute Gasteiger partial charge is 0.203 e. The topological polar surface area (TPSA) is 149 Å². The first-order chi connectivity index (χ1) is 21.5. The maximum absolute atomic E-state index is 14.5. The molecule has 0 aromatic heterocycles. The number of aliphatic hydroxyl groups excluding tert-OH is 2. The van der Waals surface area contributed by atoms with Crippen LogP contribution in [0.1, 0.15) is 90.3 Å². The van der Waals surface area contributed by atoms with Crippen molar-refractivity contribution in [2.24, 2.45) is 22.7 Å². The Morgan fingerprint density at radius 3 is 2.22 bits per heavy atom. The molecule has 3 aliphatic carbocycles. The number of aryl methyl sites for hydroxylation is 1. The molecule has 1 fully saturated rings. The van der Waals surface area contributed by atoms with E-state index < -0.39 is 56.8 Å². The molecule has 5 rings (SSSR count). The number of phenolic OH excluding ortho intramolecular Hbond substituents is 1. The lowest BCUT2D eigenvalue weighted by Crippen LogP contribution is -2.69. The van der Waals surface area contributed by atoms with Crippen LogP contribution in [0, 0.1) is 22.7 Å². The van der Waals surface area contributed by atoms with Gasteiger partial charge in [-0.05, 0) is 73.3 Å². The molecule has 46 heavy (non-hydrogen) atoms. The lowest BCUT2D eigenvalue weighted by molar-refractivity contribution is -0.178. The molecule has 8 heteroatoms. The molecule has 1 saturated carbocycles. The summed E-state index contributed by atoms with van der Waals surface area (Å²) in [5.41, 5.74) is -2.60. The first kappa shape index (κ1) is 33.3. The SMILES string of the molecule is CCCC(=O)CCCc1ccc(-c2ccc(O)c3c2C[C@]2(C)C[C@]4(C)C(C(C)C)C(=O)C(C(C)=O)=C(O)[C@]4(O)C(=O)C2=C3O)cc1. The number of allylic oxidation sites excluding steroid dienone is 1. The van der Waals surface area contributed by atoms with Crippen molar-refractivity contribution in [2.75, 3.05) is 0 Å². The fraction of sp³-hybridized carbons (Fsp3) is 0.474. The number of hydrogen-bond acceptors (Lipinski definition) is 8. The van der Waals surface area contributed by atoms with Crippen molar-refractivity contribution in [1.82, 2.24) is 0 Å². The third-order valence-electron chi connectivity index (χ3n) is 10.6. The highest BCUT2D eigenvalue weighted by Gasteiger charge is 2.72. The maximum atomic E-state index is 14.5. The van der Waals surface area contributed by atoms with Gasteiger partial charge in [0.2, 0.25) is 5.78 Å². The fourth-order valence-corrected chi connectivity index (χ4v) is 8.73. The van der Waals surface area contributed by atoms with Crippen LogP contribution in [0.3, 0.4) is 0 Å². The van der Waals surface area contributed by atoms with Gasteiger partial charge in [0, 0.05) is 35.2 Å². The summed E-state index contributed by atoms with van der Waals surface area (Å²) in [6.07, 6.45) is 3.77. The van der Waals surface area contributed by atoms with E-state index in [-0.39, 0.29) is 41.4 Å². The largest absolute Gasteiger partial charge is 0.508 e. The Labute approximate surface area is 269 Å². The van der Waals surface area contributed by atoms with Crippen molar-refractivity contribution in [3.05, 3.63) is 70.0 Å². The van der Waals surface area contributed by atoms with E-state index in [1.54, 1.807) is 33.8 Å². The number of ketones is 4. The molecule has 0 bridgehead atoms. The van der Waals surface area contributed by atoms with E-state index in [4.69, 9.17) is 0 Å². The molecule has 244 valence electrons. The highest BCUT2D eigenvalue weighted by molar-refractivity contribution is 6.24. The molecular weight excluding hydrogens is 584 g/mol. The van der Waals surface area contributed by atoms with Crippen LogP contribution >= 0.6 is 0 Å². The van der Waals surface area contributed by atoms with Crippen LogP contribution in [0.15, 0.2) is 53.3 Å². The molecule has 0 spiro atoms. The van der Waals surface area contributed by atoms with Gasteiger partial charge in [-0.25, -0.2) is 0 Å². The number of benzene rings is 2. The maximum Gasteiger partial charge on any atom is 0.203 e. The second kappa shape index (κ2) is 11.6. The normalized spacial score (nSPS) is 27.4. The number of carbonyl (C=O) groups excluding carboxylic acids is 4. The van der Waals surface area contributed by atoms with Crippen LogP contribution in [-0.2, 0) is 32.0 Å². The van der Waals surface area contributed by atoms with Crippen molar-refractivity contribution in [3.8, 4) is 16.9 Å². The number of carbonyl (C=O) groups is 4. The van der Waals surface area contributed by atoms with Gasteiger partial charge in [-0.15, -0.1) is 0 Å². The van der Waals surface area contributed by atoms with Crippen LogP contribution in [-0.4, -0.2) is 49.2 Å². The molecule has 0 amide bonds. The van der Waals surface area contributed by atoms with Crippen LogP contribution in [0.4, 0.5) is 0 Å². The van der Waals surface area contributed by atoms with Crippen molar-refractivity contribution in [2.45, 2.75) is 92.1 Å². The van der Waals surface area contributed by atoms with E-state index in [2.05, 4.69) is 0 Å². The zero-order valence-corrected chi connectivity index (χ0v) is 27.5. The monoisotopic (exact) mass is 628 g/mol. The molecule has 2 aromatic rings. The Hall–Kier alpha value is -4.04. The molecule has 1 unspecified atom stereocenters. The summed E-state index contributed by atoms with van der Waals surface area (Å²) in [5, 5.41) is 46.3. The predicted molar refractivity (Wildman–Crippen MR) is 174 cm³/mol. The Morgan fingerprint density at radius 2 is 1.63 bits per heavy atom. The van der Waals surface area contributed by atoms with Gasteiger partial charge in [-0.3, -0.25) is 19.2 Å². The van der Waals surface area contributed by atoms with Crippen LogP contribution in [0.5, 0.6) is 5.75 Å². The van der Waals surface area contributed by atoms with Crippen molar-refractivity contribution >= 4 is 28.9 Å². The standard InChI is InChI=1S/C38H44O8/c1-7-9-24(40)11-8-10-22-12-14-23(15-13-22)25-16-17-27(41)29-26(25)18-36(5)19-37(6)30(20(2)3)32(42)28(21(4)39)34(44)38(37,46)35(45)31(36)33(29)43/h12-17,20,30,41,43-44,46H,7-11,18-19H2,1-6H3/t30?,36-,37-,38+/m1/s1. The van der Waals surface area contributed by atoms with Crippen LogP contribution in [0.25, 0.3) is 16.9 Å². The van der Waals surface area contributed by atoms with E-state index in [1.165, 1.54) is 6.07 Å². The van der Waals surface area contributed by atoms with E-state index in [0.717, 1.165) is 42.9 Å². The van der Waals surface area contributed by atoms with Crippen LogP contribution in [0.2, 0.25) is 0 Å². The Bertz CT molecular complexity index is 1710. The average Bonchev–Trinajstić information content (AvgIpc) is 2.95. The highest BCUT2D eigenvalue weighted by atomic mass is 16.3. The van der Waals surface area contributed by atoms with Crippen LogP contribution < -0.4 is 0 Å². The molecule has 0 aliphatic heterocycles. The summed E-state index contributed by atoms with van der Waals surface area (Å²) in [6, 6.07) is 11.1. The summed E-state index contributed by atoms with van der Waals surface area (Å²) in [5.74, 6) is -5.13. The molecule has 3 aliphatic rings. The Morgan fingerprint density at radius 1 is 0.978 bits per heavy atom. The minimum Gasteiger partial charge on any atom is -0.508 e. The molecule has 0 heterocycles. The first-order valence-electron chi connectivity index (χ1n) is 16.2. The van der Waals surface area contributed by atoms with Gasteiger partial charge in [-0.1, -0.05) is 65.0 Å². The average molecular weight is 629 g/mol. The van der Waals surface area contributed by atoms with Gasteiger partial charge in [-0.2, -0.15) is 0 Å². The lowest BCUT2D eigenvalue weighted by Gasteiger charge is -2.59. The Kier molecular flexibility index (Phi) is 8.43. The minimum atomic E-state index is -2.64. The summed E-state index contributed by atoms with van der Waals surface area (Å²) in [7, 11) is 0. The third-order valence-corrected chi connectivity index (χ3v) is 10.6. The number of rotatable bonds is 9. The summed E-state index contributed by atoms with van der Waals surface area (Å²) >= 11 is 0. The van der Waals surface area contributed by atoms with Gasteiger partial charge < -0.3 is 20.4 Å². The number of hydrogen-bond donors (Lipinski definition) is 4. The van der Waals surface area contributed by atoms with Gasteiger partial charge in [0.25, 0.3) is 0 Å². The van der Waals surface area contributed by atoms with Gasteiger partial charge in [0.05, 0.1) is 5.56 Å². The number of aromatic hydroxyl groups is 1. The summed E-state index contributed by atoms with van der Waals surface area (Å²) < 4.78 is 0. The first-order valence-corrected chi connectivity index (χ1v) is 16.2. The number of aliphatic hydroxyl groups is 3. The van der Waals surface area contributed by atoms with E-state index in [1.807, 2.05) is 31.2 Å². The zero-order valence-electron chi connectivity index (χ0n) is 27.5. The molecular formula is C38H44O8. The van der Waals surface area contributed by atoms with Crippen molar-refractivity contribution in [1.29, 1.82) is 0 Å². The number of fused-ring (bicyclic) bond motifs is 3. The fourth-order valence-electron chi connectivity index (χ4n) is 8.73. The number of Topliss-reactive ketones (excluding diaryl/α,β-unsaturated/α-hetero) is 4. The molecule has 2 aromatic carbocycles. The summed E-state index contributed by atoms with van der Waals surface area (Å²) in [6.45, 7) is 10.1. The van der Waals surface area contributed by atoms with E-state index >= 15 is 0 Å². The molecule has 4 N–H and O–H groups in total. The molecule has 0 saturated heterocycles. The Balaban J connectivity index is 1.62. The third kappa shape index (κ3) is 4.84. The molecule has 8 nitrogen and oxygen atoms in total. The zero-order chi connectivity index (χ0) is 33.9. The minimum absolute atomic E-state index is 0.0374. The quantitative estimate of drug-likeness (QED) is 0.229. The van der Waals surface area contributed by atoms with Gasteiger partial charge in [0.15, 0.2) is 17.2 Å². The molecule has 4 atom stereocenters. The van der Waals surface area contributed by atoms with E-state index in [9.17, 15) is 39.6 Å². The predicted octanol–water partition coefficient (Wildman–Crippen LogP) is 6.55. The lowest BCUT2D eigenvalue weighted by atomic mass is 9.43. The second-order valence-corrected chi connectivity index (χ2v) is 14.3. The number of phenols is 1. The van der Waals surface area contributed by atoms with E-state index in [0.29, 0.717) is 18.4 Å². The summed E-state index contributed by atoms with van der Waals surface area (Å²) in [4.78, 5) is 52.7. The molecule has 0 radical (unpaired) electrons. The van der Waals surface area contributed by atoms with Gasteiger partial charge in [0.1, 0.15) is 28.6 Å².